The molecule has 0 unspecified atom stereocenters. The third-order valence-electron chi connectivity index (χ3n) is 4.70. The number of nitrogens with one attached hydrogen (secondary N) is 1. The molecule has 4 rings (SSSR count). The molecule has 0 bridgehead atoms. The fraction of sp³-hybridized carbons (Fsp3) is 0.130. The van der Waals surface area contributed by atoms with E-state index in [0.29, 0.717) is 17.7 Å². The first kappa shape index (κ1) is 19.4. The minimum atomic E-state index is -0.371. The van der Waals surface area contributed by atoms with E-state index in [2.05, 4.69) is 20.4 Å². The third kappa shape index (κ3) is 4.25. The van der Waals surface area contributed by atoms with Gasteiger partial charge >= 0.3 is 6.03 Å². The quantitative estimate of drug-likeness (QED) is 0.546. The highest BCUT2D eigenvalue weighted by atomic mass is 19.1. The number of halogens is 1. The second-order valence-electron chi connectivity index (χ2n) is 7.04. The van der Waals surface area contributed by atoms with Gasteiger partial charge in [-0.1, -0.05) is 18.2 Å². The SMILES string of the molecule is Cc1cc(-c2ncc(CNC(=O)n3cc(-c4cccc(F)c4)cn3)cc2C)ccn1. The van der Waals surface area contributed by atoms with E-state index in [9.17, 15) is 9.18 Å². The Bertz CT molecular complexity index is 1220. The number of carbonyl (C=O) groups excluding carboxylic acids is 1. The molecular formula is C23H20FN5O. The summed E-state index contributed by atoms with van der Waals surface area (Å²) in [5.41, 5.74) is 6.06. The lowest BCUT2D eigenvalue weighted by Gasteiger charge is -2.09. The molecular weight excluding hydrogens is 381 g/mol. The predicted octanol–water partition coefficient (Wildman–Crippen LogP) is 4.52. The van der Waals surface area contributed by atoms with Gasteiger partial charge < -0.3 is 5.32 Å². The summed E-state index contributed by atoms with van der Waals surface area (Å²) >= 11 is 0. The minimum absolute atomic E-state index is 0.317. The second-order valence-corrected chi connectivity index (χ2v) is 7.04. The number of pyridine rings is 2. The summed E-state index contributed by atoms with van der Waals surface area (Å²) < 4.78 is 14.6. The first-order chi connectivity index (χ1) is 14.5. The van der Waals surface area contributed by atoms with Crippen LogP contribution in [0.4, 0.5) is 9.18 Å². The topological polar surface area (TPSA) is 72.7 Å². The van der Waals surface area contributed by atoms with Gasteiger partial charge in [0.1, 0.15) is 5.82 Å². The van der Waals surface area contributed by atoms with E-state index >= 15 is 0 Å². The van der Waals surface area contributed by atoms with Gasteiger partial charge in [0.05, 0.1) is 11.9 Å². The molecule has 1 amide bonds. The van der Waals surface area contributed by atoms with Crippen LogP contribution in [0, 0.1) is 19.7 Å². The van der Waals surface area contributed by atoms with Gasteiger partial charge in [-0.3, -0.25) is 9.97 Å². The number of aryl methyl sites for hydroxylation is 2. The number of hydrogen-bond acceptors (Lipinski definition) is 4. The van der Waals surface area contributed by atoms with Crippen LogP contribution in [-0.4, -0.2) is 25.8 Å². The molecule has 6 nitrogen and oxygen atoms in total. The van der Waals surface area contributed by atoms with Crippen molar-refractivity contribution in [3.63, 3.8) is 0 Å². The lowest BCUT2D eigenvalue weighted by Crippen LogP contribution is -2.28. The van der Waals surface area contributed by atoms with Crippen molar-refractivity contribution in [2.24, 2.45) is 0 Å². The van der Waals surface area contributed by atoms with Gasteiger partial charge in [0, 0.05) is 42.0 Å². The maximum atomic E-state index is 13.4. The fourth-order valence-electron chi connectivity index (χ4n) is 3.23. The van der Waals surface area contributed by atoms with Gasteiger partial charge in [-0.15, -0.1) is 0 Å². The summed E-state index contributed by atoms with van der Waals surface area (Å²) in [7, 11) is 0. The van der Waals surface area contributed by atoms with E-state index in [-0.39, 0.29) is 11.8 Å². The van der Waals surface area contributed by atoms with Crippen LogP contribution in [0.3, 0.4) is 0 Å². The van der Waals surface area contributed by atoms with Crippen molar-refractivity contribution >= 4 is 6.03 Å². The monoisotopic (exact) mass is 401 g/mol. The Kier molecular flexibility index (Phi) is 5.34. The van der Waals surface area contributed by atoms with E-state index in [1.165, 1.54) is 23.0 Å². The van der Waals surface area contributed by atoms with Crippen molar-refractivity contribution in [3.05, 3.63) is 89.9 Å². The van der Waals surface area contributed by atoms with Crippen molar-refractivity contribution in [2.75, 3.05) is 0 Å². The Balaban J connectivity index is 1.44. The smallest absolute Gasteiger partial charge is 0.332 e. The molecule has 0 aliphatic heterocycles. The third-order valence-corrected chi connectivity index (χ3v) is 4.70. The molecule has 0 aliphatic carbocycles. The van der Waals surface area contributed by atoms with Crippen LogP contribution >= 0.6 is 0 Å². The standard InChI is InChI=1S/C23H20FN5O/c1-15-8-17(11-26-22(15)19-6-7-25-16(2)9-19)12-27-23(30)29-14-20(13-28-29)18-4-3-5-21(24)10-18/h3-11,13-14H,12H2,1-2H3,(H,27,30). The van der Waals surface area contributed by atoms with Crippen LogP contribution in [0.1, 0.15) is 16.8 Å². The highest BCUT2D eigenvalue weighted by molar-refractivity contribution is 5.77. The first-order valence-corrected chi connectivity index (χ1v) is 9.47. The summed E-state index contributed by atoms with van der Waals surface area (Å²) in [6.07, 6.45) is 6.62. The number of rotatable bonds is 4. The summed E-state index contributed by atoms with van der Waals surface area (Å²) in [4.78, 5) is 21.2. The molecule has 0 spiro atoms. The number of aromatic nitrogens is 4. The second kappa shape index (κ2) is 8.24. The molecule has 150 valence electrons. The van der Waals surface area contributed by atoms with Crippen LogP contribution in [0.2, 0.25) is 0 Å². The van der Waals surface area contributed by atoms with Gasteiger partial charge in [-0.2, -0.15) is 9.78 Å². The molecule has 0 fully saturated rings. The van der Waals surface area contributed by atoms with Gasteiger partial charge in [0.25, 0.3) is 0 Å². The predicted molar refractivity (Wildman–Crippen MR) is 112 cm³/mol. The highest BCUT2D eigenvalue weighted by Crippen LogP contribution is 2.22. The van der Waals surface area contributed by atoms with Gasteiger partial charge in [-0.05, 0) is 54.8 Å². The Morgan fingerprint density at radius 2 is 1.90 bits per heavy atom. The molecule has 0 atom stereocenters. The van der Waals surface area contributed by atoms with Crippen LogP contribution < -0.4 is 5.32 Å². The molecule has 0 aliphatic rings. The molecule has 1 N–H and O–H groups in total. The minimum Gasteiger partial charge on any atom is -0.332 e. The fourth-order valence-corrected chi connectivity index (χ4v) is 3.23. The van der Waals surface area contributed by atoms with Crippen molar-refractivity contribution in [1.29, 1.82) is 0 Å². The lowest BCUT2D eigenvalue weighted by atomic mass is 10.1. The zero-order valence-electron chi connectivity index (χ0n) is 16.6. The summed E-state index contributed by atoms with van der Waals surface area (Å²) in [6.45, 7) is 4.25. The van der Waals surface area contributed by atoms with E-state index in [1.807, 2.05) is 32.0 Å². The Labute approximate surface area is 173 Å². The van der Waals surface area contributed by atoms with Gasteiger partial charge in [-0.25, -0.2) is 9.18 Å². The molecule has 0 saturated carbocycles. The number of benzene rings is 1. The zero-order valence-corrected chi connectivity index (χ0v) is 16.6. The summed E-state index contributed by atoms with van der Waals surface area (Å²) in [5.74, 6) is -0.335. The molecule has 0 saturated heterocycles. The largest absolute Gasteiger partial charge is 0.342 e. The molecule has 4 aromatic rings. The zero-order chi connectivity index (χ0) is 21.1. The highest BCUT2D eigenvalue weighted by Gasteiger charge is 2.10. The molecule has 30 heavy (non-hydrogen) atoms. The van der Waals surface area contributed by atoms with Crippen LogP contribution in [0.15, 0.2) is 67.3 Å². The number of hydrogen-bond donors (Lipinski definition) is 1. The Morgan fingerprint density at radius 1 is 1.03 bits per heavy atom. The molecule has 0 radical (unpaired) electrons. The van der Waals surface area contributed by atoms with E-state index in [4.69, 9.17) is 0 Å². The van der Waals surface area contributed by atoms with Crippen molar-refractivity contribution in [1.82, 2.24) is 25.1 Å². The van der Waals surface area contributed by atoms with E-state index < -0.39 is 0 Å². The maximum Gasteiger partial charge on any atom is 0.342 e. The van der Waals surface area contributed by atoms with Crippen LogP contribution in [0.5, 0.6) is 0 Å². The Morgan fingerprint density at radius 3 is 2.67 bits per heavy atom. The molecule has 3 heterocycles. The Hall–Kier alpha value is -3.87. The average molecular weight is 401 g/mol. The lowest BCUT2D eigenvalue weighted by molar-refractivity contribution is 0.239. The van der Waals surface area contributed by atoms with Crippen LogP contribution in [-0.2, 0) is 6.54 Å². The van der Waals surface area contributed by atoms with Crippen molar-refractivity contribution in [2.45, 2.75) is 20.4 Å². The normalized spacial score (nSPS) is 10.8. The van der Waals surface area contributed by atoms with Gasteiger partial charge in [0.2, 0.25) is 0 Å². The number of amides is 1. The summed E-state index contributed by atoms with van der Waals surface area (Å²) in [5, 5.41) is 6.90. The summed E-state index contributed by atoms with van der Waals surface area (Å²) in [6, 6.07) is 11.7. The number of nitrogens with zero attached hydrogens (tertiary/aromatic N) is 4. The molecule has 7 heteroatoms. The van der Waals surface area contributed by atoms with E-state index in [0.717, 1.165) is 28.1 Å². The van der Waals surface area contributed by atoms with Crippen molar-refractivity contribution < 1.29 is 9.18 Å². The first-order valence-electron chi connectivity index (χ1n) is 9.47. The van der Waals surface area contributed by atoms with Crippen LogP contribution in [0.25, 0.3) is 22.4 Å². The van der Waals surface area contributed by atoms with E-state index in [1.54, 1.807) is 30.7 Å². The van der Waals surface area contributed by atoms with Gasteiger partial charge in [0.15, 0.2) is 0 Å². The average Bonchev–Trinajstić information content (AvgIpc) is 3.22. The van der Waals surface area contributed by atoms with Crippen molar-refractivity contribution in [3.8, 4) is 22.4 Å². The number of carbonyl (C=O) groups is 1. The maximum absolute atomic E-state index is 13.4. The molecule has 1 aromatic carbocycles. The molecule has 3 aromatic heterocycles.